The molecule has 0 aromatic heterocycles. The van der Waals surface area contributed by atoms with Gasteiger partial charge in [0.25, 0.3) is 0 Å². The molecule has 1 aromatic carbocycles. The largest absolute Gasteiger partial charge is 0.494 e. The van der Waals surface area contributed by atoms with Crippen molar-refractivity contribution in [2.45, 2.75) is 32.8 Å². The molecule has 1 N–H and O–H groups in total. The number of esters is 1. The summed E-state index contributed by atoms with van der Waals surface area (Å²) in [6, 6.07) is 6.98. The number of nitrogens with one attached hydrogen (secondary N) is 1. The van der Waals surface area contributed by atoms with Gasteiger partial charge in [-0.25, -0.2) is 4.79 Å². The molecule has 0 aliphatic carbocycles. The van der Waals surface area contributed by atoms with E-state index in [2.05, 4.69) is 10.1 Å². The van der Waals surface area contributed by atoms with E-state index in [1.165, 1.54) is 7.11 Å². The predicted octanol–water partition coefficient (Wildman–Crippen LogP) is 2.60. The minimum Gasteiger partial charge on any atom is -0.494 e. The van der Waals surface area contributed by atoms with Crippen molar-refractivity contribution in [1.82, 2.24) is 5.32 Å². The second-order valence-corrected chi connectivity index (χ2v) is 5.62. The van der Waals surface area contributed by atoms with E-state index in [0.29, 0.717) is 24.7 Å². The molecular formula is C16H25NO4. The van der Waals surface area contributed by atoms with E-state index in [-0.39, 0.29) is 11.6 Å². The van der Waals surface area contributed by atoms with Crippen molar-refractivity contribution < 1.29 is 19.0 Å². The van der Waals surface area contributed by atoms with Crippen molar-refractivity contribution >= 4 is 5.97 Å². The fraction of sp³-hybridized carbons (Fsp3) is 0.562. The van der Waals surface area contributed by atoms with Crippen LogP contribution in [-0.4, -0.2) is 38.6 Å². The second kappa shape index (κ2) is 8.64. The highest BCUT2D eigenvalue weighted by molar-refractivity contribution is 5.89. The number of carbonyl (C=O) groups is 1. The molecule has 0 heterocycles. The van der Waals surface area contributed by atoms with E-state index < -0.39 is 0 Å². The lowest BCUT2D eigenvalue weighted by Crippen LogP contribution is -2.28. The van der Waals surface area contributed by atoms with E-state index in [0.717, 1.165) is 13.0 Å². The number of ether oxygens (including phenoxy) is 3. The van der Waals surface area contributed by atoms with Crippen LogP contribution in [0.1, 0.15) is 37.6 Å². The number of hydrogen-bond donors (Lipinski definition) is 1. The molecule has 0 aliphatic heterocycles. The number of hydrogen-bond acceptors (Lipinski definition) is 5. The average molecular weight is 295 g/mol. The van der Waals surface area contributed by atoms with Gasteiger partial charge in [0.05, 0.1) is 31.6 Å². The van der Waals surface area contributed by atoms with E-state index >= 15 is 0 Å². The Morgan fingerprint density at radius 2 is 2.05 bits per heavy atom. The molecule has 0 amide bonds. The topological polar surface area (TPSA) is 56.8 Å². The van der Waals surface area contributed by atoms with Gasteiger partial charge in [-0.3, -0.25) is 5.32 Å². The first-order chi connectivity index (χ1) is 9.92. The van der Waals surface area contributed by atoms with Crippen LogP contribution < -0.4 is 10.1 Å². The minimum absolute atomic E-state index is 0.127. The molecule has 0 unspecified atom stereocenters. The van der Waals surface area contributed by atoms with E-state index in [9.17, 15) is 4.79 Å². The third-order valence-electron chi connectivity index (χ3n) is 2.63. The van der Waals surface area contributed by atoms with Gasteiger partial charge in [-0.15, -0.1) is 0 Å². The van der Waals surface area contributed by atoms with Crippen molar-refractivity contribution in [3.05, 3.63) is 29.8 Å². The quantitative estimate of drug-likeness (QED) is 0.454. The molecule has 118 valence electrons. The molecule has 0 aliphatic rings. The lowest BCUT2D eigenvalue weighted by molar-refractivity contribution is -0.0132. The van der Waals surface area contributed by atoms with Gasteiger partial charge in [-0.2, -0.15) is 0 Å². The average Bonchev–Trinajstić information content (AvgIpc) is 2.44. The summed E-state index contributed by atoms with van der Waals surface area (Å²) in [6.45, 7) is 7.98. The Hall–Kier alpha value is -1.59. The fourth-order valence-electron chi connectivity index (χ4n) is 1.56. The highest BCUT2D eigenvalue weighted by Crippen LogP contribution is 2.14. The Morgan fingerprint density at radius 3 is 2.71 bits per heavy atom. The van der Waals surface area contributed by atoms with Crippen molar-refractivity contribution in [3.63, 3.8) is 0 Å². The third-order valence-corrected chi connectivity index (χ3v) is 2.63. The van der Waals surface area contributed by atoms with Gasteiger partial charge in [-0.1, -0.05) is 6.07 Å². The SMILES string of the molecule is COC(=O)c1cccc(OCCCNCOC(C)(C)C)c1. The van der Waals surface area contributed by atoms with E-state index in [1.54, 1.807) is 18.2 Å². The monoisotopic (exact) mass is 295 g/mol. The molecule has 1 rings (SSSR count). The number of rotatable bonds is 8. The molecule has 0 fully saturated rings. The molecule has 5 heteroatoms. The summed E-state index contributed by atoms with van der Waals surface area (Å²) < 4.78 is 15.8. The van der Waals surface area contributed by atoms with Crippen molar-refractivity contribution in [2.75, 3.05) is 27.0 Å². The van der Waals surface area contributed by atoms with Gasteiger partial charge in [-0.05, 0) is 45.4 Å². The molecule has 0 spiro atoms. The molecule has 0 saturated heterocycles. The maximum Gasteiger partial charge on any atom is 0.337 e. The Kier molecular flexibility index (Phi) is 7.19. The lowest BCUT2D eigenvalue weighted by atomic mass is 10.2. The molecule has 21 heavy (non-hydrogen) atoms. The zero-order valence-corrected chi connectivity index (χ0v) is 13.3. The maximum atomic E-state index is 11.4. The molecule has 0 bridgehead atoms. The standard InChI is InChI=1S/C16H25NO4/c1-16(2,3)21-12-17-9-6-10-20-14-8-5-7-13(11-14)15(18)19-4/h5,7-8,11,17H,6,9-10,12H2,1-4H3. The summed E-state index contributed by atoms with van der Waals surface area (Å²) >= 11 is 0. The van der Waals surface area contributed by atoms with Gasteiger partial charge in [0.2, 0.25) is 0 Å². The predicted molar refractivity (Wildman–Crippen MR) is 81.6 cm³/mol. The molecule has 0 saturated carbocycles. The summed E-state index contributed by atoms with van der Waals surface area (Å²) in [6.07, 6.45) is 0.857. The zero-order valence-electron chi connectivity index (χ0n) is 13.3. The Labute approximate surface area is 126 Å². The Morgan fingerprint density at radius 1 is 1.29 bits per heavy atom. The smallest absolute Gasteiger partial charge is 0.337 e. The Balaban J connectivity index is 2.20. The first kappa shape index (κ1) is 17.5. The third kappa shape index (κ3) is 7.68. The lowest BCUT2D eigenvalue weighted by Gasteiger charge is -2.19. The van der Waals surface area contributed by atoms with Gasteiger partial charge in [0.15, 0.2) is 0 Å². The van der Waals surface area contributed by atoms with Crippen molar-refractivity contribution in [1.29, 1.82) is 0 Å². The van der Waals surface area contributed by atoms with Crippen LogP contribution in [0.25, 0.3) is 0 Å². The number of carbonyl (C=O) groups excluding carboxylic acids is 1. The normalized spacial score (nSPS) is 11.2. The Bertz CT molecular complexity index is 440. The van der Waals surface area contributed by atoms with E-state index in [4.69, 9.17) is 9.47 Å². The summed E-state index contributed by atoms with van der Waals surface area (Å²) in [5.41, 5.74) is 0.365. The fourth-order valence-corrected chi connectivity index (χ4v) is 1.56. The van der Waals surface area contributed by atoms with Gasteiger partial charge in [0, 0.05) is 6.54 Å². The van der Waals surface area contributed by atoms with Crippen molar-refractivity contribution in [2.24, 2.45) is 0 Å². The maximum absolute atomic E-state index is 11.4. The van der Waals surface area contributed by atoms with Gasteiger partial charge < -0.3 is 14.2 Å². The molecule has 5 nitrogen and oxygen atoms in total. The van der Waals surface area contributed by atoms with E-state index in [1.807, 2.05) is 26.8 Å². The first-order valence-electron chi connectivity index (χ1n) is 7.08. The number of benzene rings is 1. The van der Waals surface area contributed by atoms with Gasteiger partial charge in [0.1, 0.15) is 5.75 Å². The summed E-state index contributed by atoms with van der Waals surface area (Å²) in [7, 11) is 1.36. The zero-order chi connectivity index (χ0) is 15.7. The van der Waals surface area contributed by atoms with Crippen LogP contribution in [0.15, 0.2) is 24.3 Å². The second-order valence-electron chi connectivity index (χ2n) is 5.62. The van der Waals surface area contributed by atoms with Gasteiger partial charge >= 0.3 is 5.97 Å². The highest BCUT2D eigenvalue weighted by atomic mass is 16.5. The van der Waals surface area contributed by atoms with Crippen molar-refractivity contribution in [3.8, 4) is 5.75 Å². The van der Waals surface area contributed by atoms with Crippen LogP contribution in [0.4, 0.5) is 0 Å². The number of methoxy groups -OCH3 is 1. The highest BCUT2D eigenvalue weighted by Gasteiger charge is 2.08. The minimum atomic E-state index is -0.360. The molecule has 1 aromatic rings. The van der Waals surface area contributed by atoms with Crippen LogP contribution in [-0.2, 0) is 9.47 Å². The summed E-state index contributed by atoms with van der Waals surface area (Å²) in [4.78, 5) is 11.4. The van der Waals surface area contributed by atoms with Crippen LogP contribution in [0, 0.1) is 0 Å². The van der Waals surface area contributed by atoms with Crippen LogP contribution in [0.5, 0.6) is 5.75 Å². The molecule has 0 radical (unpaired) electrons. The van der Waals surface area contributed by atoms with Crippen LogP contribution >= 0.6 is 0 Å². The van der Waals surface area contributed by atoms with Crippen LogP contribution in [0.3, 0.4) is 0 Å². The first-order valence-corrected chi connectivity index (χ1v) is 7.08. The molecular weight excluding hydrogens is 270 g/mol. The van der Waals surface area contributed by atoms with Crippen LogP contribution in [0.2, 0.25) is 0 Å². The summed E-state index contributed by atoms with van der Waals surface area (Å²) in [5, 5.41) is 3.19. The molecule has 0 atom stereocenters. The summed E-state index contributed by atoms with van der Waals surface area (Å²) in [5.74, 6) is 0.310.